The van der Waals surface area contributed by atoms with Crippen LogP contribution >= 0.6 is 23.1 Å². The molecule has 112 valence electrons. The summed E-state index contributed by atoms with van der Waals surface area (Å²) in [6.45, 7) is 0. The van der Waals surface area contributed by atoms with Gasteiger partial charge in [-0.25, -0.2) is 0 Å². The predicted molar refractivity (Wildman–Crippen MR) is 91.6 cm³/mol. The summed E-state index contributed by atoms with van der Waals surface area (Å²) in [7, 11) is 0. The molecule has 1 N–H and O–H groups in total. The maximum atomic E-state index is 12.2. The number of hydrogen-bond acceptors (Lipinski definition) is 4. The third-order valence-electron chi connectivity index (χ3n) is 3.81. The average molecular weight is 328 g/mol. The van der Waals surface area contributed by atoms with Crippen LogP contribution < -0.4 is 5.32 Å². The molecule has 0 aliphatic heterocycles. The fourth-order valence-corrected chi connectivity index (χ4v) is 4.37. The maximum absolute atomic E-state index is 12.2. The summed E-state index contributed by atoms with van der Waals surface area (Å²) in [6, 6.07) is 10.3. The van der Waals surface area contributed by atoms with Crippen LogP contribution in [0.15, 0.2) is 29.2 Å². The maximum Gasteiger partial charge on any atom is 0.229 e. The van der Waals surface area contributed by atoms with Gasteiger partial charge in [0.1, 0.15) is 11.1 Å². The number of thiophene rings is 1. The van der Waals surface area contributed by atoms with Gasteiger partial charge in [0.2, 0.25) is 5.91 Å². The van der Waals surface area contributed by atoms with E-state index in [1.807, 2.05) is 30.5 Å². The molecule has 1 aliphatic carbocycles. The average Bonchev–Trinajstić information content (AvgIpc) is 3.08. The molecule has 22 heavy (non-hydrogen) atoms. The molecular weight excluding hydrogens is 312 g/mol. The van der Waals surface area contributed by atoms with E-state index in [0.29, 0.717) is 12.0 Å². The summed E-state index contributed by atoms with van der Waals surface area (Å²) >= 11 is 3.24. The summed E-state index contributed by atoms with van der Waals surface area (Å²) in [5.41, 5.74) is 2.80. The Morgan fingerprint density at radius 1 is 1.36 bits per heavy atom. The van der Waals surface area contributed by atoms with Crippen molar-refractivity contribution in [3.63, 3.8) is 0 Å². The Kier molecular flexibility index (Phi) is 4.51. The van der Waals surface area contributed by atoms with Crippen molar-refractivity contribution in [1.82, 2.24) is 0 Å². The number of anilines is 1. The van der Waals surface area contributed by atoms with Crippen LogP contribution in [-0.4, -0.2) is 12.2 Å². The Balaban J connectivity index is 1.70. The molecular formula is C17H16N2OS2. The van der Waals surface area contributed by atoms with Gasteiger partial charge in [-0.2, -0.15) is 5.26 Å². The van der Waals surface area contributed by atoms with Gasteiger partial charge in [0.05, 0.1) is 12.0 Å². The van der Waals surface area contributed by atoms with E-state index in [1.54, 1.807) is 23.1 Å². The number of nitrogens with zero attached hydrogens (tertiary/aromatic N) is 1. The monoisotopic (exact) mass is 328 g/mol. The second-order valence-electron chi connectivity index (χ2n) is 5.25. The Bertz CT molecular complexity index is 741. The molecule has 0 spiro atoms. The van der Waals surface area contributed by atoms with Crippen LogP contribution in [-0.2, 0) is 24.1 Å². The van der Waals surface area contributed by atoms with Crippen molar-refractivity contribution in [2.45, 2.75) is 30.6 Å². The van der Waals surface area contributed by atoms with Crippen molar-refractivity contribution in [3.8, 4) is 6.07 Å². The number of thioether (sulfide) groups is 1. The van der Waals surface area contributed by atoms with Crippen molar-refractivity contribution < 1.29 is 4.79 Å². The van der Waals surface area contributed by atoms with Crippen molar-refractivity contribution in [3.05, 3.63) is 45.8 Å². The second-order valence-corrected chi connectivity index (χ2v) is 7.23. The highest BCUT2D eigenvalue weighted by molar-refractivity contribution is 7.98. The molecule has 1 aliphatic rings. The van der Waals surface area contributed by atoms with Gasteiger partial charge >= 0.3 is 0 Å². The summed E-state index contributed by atoms with van der Waals surface area (Å²) in [4.78, 5) is 14.7. The van der Waals surface area contributed by atoms with Gasteiger partial charge in [0.15, 0.2) is 0 Å². The molecule has 0 radical (unpaired) electrons. The molecule has 5 heteroatoms. The minimum absolute atomic E-state index is 0.0617. The third kappa shape index (κ3) is 3.03. The highest BCUT2D eigenvalue weighted by Gasteiger charge is 2.22. The van der Waals surface area contributed by atoms with Crippen molar-refractivity contribution in [2.75, 3.05) is 11.6 Å². The number of carbonyl (C=O) groups is 1. The van der Waals surface area contributed by atoms with E-state index in [4.69, 9.17) is 0 Å². The van der Waals surface area contributed by atoms with Crippen LogP contribution in [0.4, 0.5) is 5.00 Å². The molecule has 0 atom stereocenters. The number of fused-ring (bicyclic) bond motifs is 1. The summed E-state index contributed by atoms with van der Waals surface area (Å²) < 4.78 is 0. The number of hydrogen-bond donors (Lipinski definition) is 1. The molecule has 2 aromatic rings. The van der Waals surface area contributed by atoms with E-state index >= 15 is 0 Å². The summed E-state index contributed by atoms with van der Waals surface area (Å²) in [5.74, 6) is -0.0617. The van der Waals surface area contributed by atoms with Crippen LogP contribution in [0.5, 0.6) is 0 Å². The smallest absolute Gasteiger partial charge is 0.229 e. The Labute approximate surface area is 138 Å². The van der Waals surface area contributed by atoms with Crippen LogP contribution in [0, 0.1) is 11.3 Å². The fraction of sp³-hybridized carbons (Fsp3) is 0.294. The van der Waals surface area contributed by atoms with Crippen LogP contribution in [0.1, 0.15) is 28.0 Å². The Morgan fingerprint density at radius 2 is 2.14 bits per heavy atom. The first kappa shape index (κ1) is 15.1. The lowest BCUT2D eigenvalue weighted by Crippen LogP contribution is -2.14. The Morgan fingerprint density at radius 3 is 2.82 bits per heavy atom. The van der Waals surface area contributed by atoms with Gasteiger partial charge in [-0.1, -0.05) is 12.1 Å². The quantitative estimate of drug-likeness (QED) is 0.863. The molecule has 0 bridgehead atoms. The van der Waals surface area contributed by atoms with E-state index in [1.165, 1.54) is 9.77 Å². The van der Waals surface area contributed by atoms with E-state index in [2.05, 4.69) is 11.4 Å². The normalized spacial score (nSPS) is 12.7. The number of rotatable bonds is 4. The number of nitrogens with one attached hydrogen (secondary N) is 1. The van der Waals surface area contributed by atoms with Gasteiger partial charge in [-0.3, -0.25) is 4.79 Å². The highest BCUT2D eigenvalue weighted by Crippen LogP contribution is 2.38. The molecule has 1 aromatic carbocycles. The summed E-state index contributed by atoms with van der Waals surface area (Å²) in [6.07, 6.45) is 5.47. The van der Waals surface area contributed by atoms with Gasteiger partial charge in [0, 0.05) is 9.77 Å². The lowest BCUT2D eigenvalue weighted by Gasteiger charge is -2.05. The van der Waals surface area contributed by atoms with Crippen molar-refractivity contribution in [2.24, 2.45) is 0 Å². The highest BCUT2D eigenvalue weighted by atomic mass is 32.2. The van der Waals surface area contributed by atoms with Crippen molar-refractivity contribution in [1.29, 1.82) is 5.26 Å². The zero-order chi connectivity index (χ0) is 15.5. The summed E-state index contributed by atoms with van der Waals surface area (Å²) in [5, 5.41) is 13.0. The van der Waals surface area contributed by atoms with Gasteiger partial charge in [0.25, 0.3) is 0 Å². The molecule has 0 saturated carbocycles. The number of aryl methyl sites for hydroxylation is 1. The first-order valence-corrected chi connectivity index (χ1v) is 9.23. The molecule has 3 nitrogen and oxygen atoms in total. The molecule has 3 rings (SSSR count). The molecule has 1 amide bonds. The van der Waals surface area contributed by atoms with E-state index < -0.39 is 0 Å². The van der Waals surface area contributed by atoms with Crippen LogP contribution in [0.2, 0.25) is 0 Å². The Hall–Kier alpha value is -1.77. The molecule has 1 heterocycles. The van der Waals surface area contributed by atoms with Crippen molar-refractivity contribution >= 4 is 34.0 Å². The second kappa shape index (κ2) is 6.55. The lowest BCUT2D eigenvalue weighted by molar-refractivity contribution is -0.115. The molecule has 0 fully saturated rings. The van der Waals surface area contributed by atoms with E-state index in [-0.39, 0.29) is 5.91 Å². The molecule has 0 saturated heterocycles. The largest absolute Gasteiger partial charge is 0.316 e. The van der Waals surface area contributed by atoms with Gasteiger partial charge < -0.3 is 5.32 Å². The minimum Gasteiger partial charge on any atom is -0.316 e. The first-order valence-electron chi connectivity index (χ1n) is 7.18. The number of nitriles is 1. The van der Waals surface area contributed by atoms with Crippen LogP contribution in [0.25, 0.3) is 0 Å². The number of amides is 1. The SMILES string of the molecule is CSc1ccc(CC(=O)Nc2sc3c(c2C#N)CCC3)cc1. The topological polar surface area (TPSA) is 52.9 Å². The van der Waals surface area contributed by atoms with Gasteiger partial charge in [-0.05, 0) is 48.8 Å². The molecule has 1 aromatic heterocycles. The van der Waals surface area contributed by atoms with Gasteiger partial charge in [-0.15, -0.1) is 23.1 Å². The molecule has 0 unspecified atom stereocenters. The number of benzene rings is 1. The van der Waals surface area contributed by atoms with E-state index in [0.717, 1.165) is 35.4 Å². The van der Waals surface area contributed by atoms with E-state index in [9.17, 15) is 10.1 Å². The predicted octanol–water partition coefficient (Wildman–Crippen LogP) is 4.01. The minimum atomic E-state index is -0.0617. The fourth-order valence-electron chi connectivity index (χ4n) is 2.71. The van der Waals surface area contributed by atoms with Crippen LogP contribution in [0.3, 0.4) is 0 Å². The zero-order valence-corrected chi connectivity index (χ0v) is 13.9. The first-order chi connectivity index (χ1) is 10.7. The lowest BCUT2D eigenvalue weighted by atomic mass is 10.1. The third-order valence-corrected chi connectivity index (χ3v) is 5.76. The standard InChI is InChI=1S/C17H16N2OS2/c1-21-12-7-5-11(6-8-12)9-16(20)19-17-14(10-18)13-3-2-4-15(13)22-17/h5-8H,2-4,9H2,1H3,(H,19,20). The number of carbonyl (C=O) groups excluding carboxylic acids is 1. The zero-order valence-electron chi connectivity index (χ0n) is 12.3.